The number of para-hydroxylation sites is 2. The van der Waals surface area contributed by atoms with Crippen molar-refractivity contribution in [2.24, 2.45) is 0 Å². The first-order valence-electron chi connectivity index (χ1n) is 10.9. The van der Waals surface area contributed by atoms with E-state index in [4.69, 9.17) is 4.42 Å². The average molecular weight is 427 g/mol. The summed E-state index contributed by atoms with van der Waals surface area (Å²) in [6, 6.07) is 32.8. The van der Waals surface area contributed by atoms with Crippen LogP contribution in [0.3, 0.4) is 0 Å². The second-order valence-electron chi connectivity index (χ2n) is 8.42. The van der Waals surface area contributed by atoms with Crippen LogP contribution in [0, 0.1) is 0 Å². The van der Waals surface area contributed by atoms with Gasteiger partial charge in [-0.25, -0.2) is 0 Å². The molecule has 0 radical (unpaired) electrons. The fourth-order valence-corrected chi connectivity index (χ4v) is 5.14. The lowest BCUT2D eigenvalue weighted by atomic mass is 9.79. The lowest BCUT2D eigenvalue weighted by molar-refractivity contribution is 0.425. The first-order valence-corrected chi connectivity index (χ1v) is 10.9. The quantitative estimate of drug-likeness (QED) is 0.358. The summed E-state index contributed by atoms with van der Waals surface area (Å²) >= 11 is 0. The van der Waals surface area contributed by atoms with Crippen molar-refractivity contribution in [1.82, 2.24) is 4.57 Å². The van der Waals surface area contributed by atoms with Crippen LogP contribution < -0.4 is 5.46 Å². The van der Waals surface area contributed by atoms with Gasteiger partial charge in [0.15, 0.2) is 0 Å². The molecule has 5 heteroatoms. The largest absolute Gasteiger partial charge is 0.492 e. The van der Waals surface area contributed by atoms with Gasteiger partial charge >= 0.3 is 7.12 Å². The maximum atomic E-state index is 10.0. The zero-order valence-corrected chi connectivity index (χ0v) is 17.6. The smallest absolute Gasteiger partial charge is 0.456 e. The van der Waals surface area contributed by atoms with E-state index in [2.05, 4.69) is 59.2 Å². The Kier molecular flexibility index (Phi) is 3.77. The summed E-state index contributed by atoms with van der Waals surface area (Å²) in [5.41, 5.74) is 4.70. The highest BCUT2D eigenvalue weighted by molar-refractivity contribution is 6.62. The maximum Gasteiger partial charge on any atom is 0.492 e. The van der Waals surface area contributed by atoms with Crippen LogP contribution in [-0.2, 0) is 0 Å². The van der Waals surface area contributed by atoms with Crippen molar-refractivity contribution in [2.75, 3.05) is 0 Å². The molecule has 2 aromatic heterocycles. The minimum Gasteiger partial charge on any atom is -0.456 e. The van der Waals surface area contributed by atoms with E-state index in [-0.39, 0.29) is 0 Å². The summed E-state index contributed by atoms with van der Waals surface area (Å²) < 4.78 is 8.40. The molecule has 0 saturated carbocycles. The first kappa shape index (κ1) is 18.5. The van der Waals surface area contributed by atoms with Crippen LogP contribution in [0.4, 0.5) is 0 Å². The molecule has 0 unspecified atom stereocenters. The third kappa shape index (κ3) is 2.55. The minimum atomic E-state index is -1.62. The fraction of sp³-hybridized carbons (Fsp3) is 0. The predicted octanol–water partition coefficient (Wildman–Crippen LogP) is 5.52. The van der Waals surface area contributed by atoms with Gasteiger partial charge in [0.25, 0.3) is 0 Å². The van der Waals surface area contributed by atoms with Crippen molar-refractivity contribution >= 4 is 67.1 Å². The van der Waals surface area contributed by atoms with Crippen molar-refractivity contribution in [1.29, 1.82) is 0 Å². The third-order valence-electron chi connectivity index (χ3n) is 6.59. The minimum absolute atomic E-state index is 0.358. The maximum absolute atomic E-state index is 10.0. The summed E-state index contributed by atoms with van der Waals surface area (Å²) in [5.74, 6) is 0. The Morgan fingerprint density at radius 2 is 1.33 bits per heavy atom. The molecular weight excluding hydrogens is 409 g/mol. The molecule has 156 valence electrons. The van der Waals surface area contributed by atoms with Crippen molar-refractivity contribution in [2.45, 2.75) is 0 Å². The highest BCUT2D eigenvalue weighted by Gasteiger charge is 2.24. The molecule has 0 aliphatic rings. The Hall–Kier alpha value is -4.06. The fourth-order valence-electron chi connectivity index (χ4n) is 5.14. The van der Waals surface area contributed by atoms with Crippen LogP contribution in [0.25, 0.3) is 60.2 Å². The molecular formula is C28H18BNO3. The van der Waals surface area contributed by atoms with E-state index in [1.165, 1.54) is 21.5 Å². The molecule has 7 aromatic rings. The van der Waals surface area contributed by atoms with E-state index in [0.717, 1.165) is 27.5 Å². The molecule has 0 aliphatic heterocycles. The lowest BCUT2D eigenvalue weighted by Gasteiger charge is -2.12. The van der Waals surface area contributed by atoms with Crippen LogP contribution in [0.1, 0.15) is 0 Å². The van der Waals surface area contributed by atoms with Gasteiger partial charge in [-0.05, 0) is 41.1 Å². The van der Waals surface area contributed by atoms with E-state index in [9.17, 15) is 10.0 Å². The van der Waals surface area contributed by atoms with Crippen LogP contribution in [0.15, 0.2) is 101 Å². The van der Waals surface area contributed by atoms with Crippen molar-refractivity contribution in [3.8, 4) is 5.69 Å². The van der Waals surface area contributed by atoms with E-state index in [0.29, 0.717) is 16.6 Å². The normalized spacial score (nSPS) is 11.9. The van der Waals surface area contributed by atoms with Crippen LogP contribution in [0.5, 0.6) is 0 Å². The molecule has 0 aliphatic carbocycles. The van der Waals surface area contributed by atoms with E-state index < -0.39 is 7.12 Å². The Balaban J connectivity index is 1.71. The topological polar surface area (TPSA) is 58.5 Å². The summed E-state index contributed by atoms with van der Waals surface area (Å²) in [4.78, 5) is 0. The van der Waals surface area contributed by atoms with Gasteiger partial charge in [-0.2, -0.15) is 0 Å². The molecule has 4 nitrogen and oxygen atoms in total. The van der Waals surface area contributed by atoms with Gasteiger partial charge in [0.2, 0.25) is 0 Å². The monoisotopic (exact) mass is 427 g/mol. The average Bonchev–Trinajstić information content (AvgIpc) is 3.38. The van der Waals surface area contributed by atoms with Gasteiger partial charge < -0.3 is 19.0 Å². The van der Waals surface area contributed by atoms with Gasteiger partial charge in [0.1, 0.15) is 11.2 Å². The second-order valence-corrected chi connectivity index (χ2v) is 8.42. The van der Waals surface area contributed by atoms with Gasteiger partial charge in [-0.1, -0.05) is 66.7 Å². The standard InChI is InChI=1S/C28H18BNO3/c31-29(32)22-13-14-24(27-20-10-4-6-12-26(20)33-28(22)27)30-23-11-5-3-9-19(23)21-15-17-7-1-2-8-18(17)16-25(21)30/h1-16,31-32H. The SMILES string of the molecule is OB(O)c1ccc(-n2c3ccccc3c3cc4ccccc4cc32)c2c1oc1ccccc12. The number of aromatic nitrogens is 1. The highest BCUT2D eigenvalue weighted by Crippen LogP contribution is 2.39. The summed E-state index contributed by atoms with van der Waals surface area (Å²) in [7, 11) is -1.62. The molecule has 7 rings (SSSR count). The van der Waals surface area contributed by atoms with Crippen molar-refractivity contribution < 1.29 is 14.5 Å². The van der Waals surface area contributed by atoms with Gasteiger partial charge in [0, 0.05) is 21.6 Å². The van der Waals surface area contributed by atoms with Crippen LogP contribution in [-0.4, -0.2) is 21.7 Å². The number of furan rings is 1. The molecule has 0 bridgehead atoms. The molecule has 0 spiro atoms. The van der Waals surface area contributed by atoms with Crippen molar-refractivity contribution in [3.05, 3.63) is 97.1 Å². The van der Waals surface area contributed by atoms with Crippen LogP contribution in [0.2, 0.25) is 0 Å². The number of rotatable bonds is 2. The molecule has 33 heavy (non-hydrogen) atoms. The van der Waals surface area contributed by atoms with E-state index in [1.54, 1.807) is 6.07 Å². The van der Waals surface area contributed by atoms with Crippen molar-refractivity contribution in [3.63, 3.8) is 0 Å². The van der Waals surface area contributed by atoms with Gasteiger partial charge in [-0.3, -0.25) is 0 Å². The summed E-state index contributed by atoms with van der Waals surface area (Å²) in [6.07, 6.45) is 0. The molecule has 0 atom stereocenters. The van der Waals surface area contributed by atoms with E-state index in [1.807, 2.05) is 36.4 Å². The zero-order valence-electron chi connectivity index (χ0n) is 17.6. The molecule has 2 N–H and O–H groups in total. The predicted molar refractivity (Wildman–Crippen MR) is 135 cm³/mol. The molecule has 0 amide bonds. The molecule has 0 fully saturated rings. The molecule has 5 aromatic carbocycles. The Morgan fingerprint density at radius 1 is 0.636 bits per heavy atom. The second kappa shape index (κ2) is 6.72. The first-order chi connectivity index (χ1) is 16.2. The zero-order chi connectivity index (χ0) is 22.1. The Labute approximate surface area is 189 Å². The highest BCUT2D eigenvalue weighted by atomic mass is 16.4. The number of hydrogen-bond acceptors (Lipinski definition) is 3. The molecule has 2 heterocycles. The van der Waals surface area contributed by atoms with Crippen LogP contribution >= 0.6 is 0 Å². The Morgan fingerprint density at radius 3 is 2.15 bits per heavy atom. The number of fused-ring (bicyclic) bond motifs is 7. The lowest BCUT2D eigenvalue weighted by Crippen LogP contribution is -2.30. The number of benzene rings is 5. The number of nitrogens with zero attached hydrogens (tertiary/aromatic N) is 1. The molecule has 0 saturated heterocycles. The van der Waals surface area contributed by atoms with Gasteiger partial charge in [0.05, 0.1) is 22.1 Å². The Bertz CT molecular complexity index is 1860. The summed E-state index contributed by atoms with van der Waals surface area (Å²) in [6.45, 7) is 0. The third-order valence-corrected chi connectivity index (χ3v) is 6.59. The van der Waals surface area contributed by atoms with Gasteiger partial charge in [-0.15, -0.1) is 0 Å². The summed E-state index contributed by atoms with van der Waals surface area (Å²) in [5, 5.41) is 26.6. The van der Waals surface area contributed by atoms with E-state index >= 15 is 0 Å². The number of hydrogen-bond donors (Lipinski definition) is 2.